The first-order chi connectivity index (χ1) is 26.3. The van der Waals surface area contributed by atoms with Gasteiger partial charge in [-0.1, -0.05) is 115 Å². The molecule has 3 nitrogen and oxygen atoms in total. The van der Waals surface area contributed by atoms with E-state index in [1.807, 2.05) is 6.07 Å². The van der Waals surface area contributed by atoms with Crippen LogP contribution in [-0.4, -0.2) is 9.13 Å². The molecule has 0 fully saturated rings. The highest BCUT2D eigenvalue weighted by atomic mass is 16.3. The molecular weight excluding hydrogens is 645 g/mol. The van der Waals surface area contributed by atoms with E-state index in [-0.39, 0.29) is 0 Å². The van der Waals surface area contributed by atoms with Crippen LogP contribution in [0.3, 0.4) is 0 Å². The maximum Gasteiger partial charge on any atom is 0.136 e. The van der Waals surface area contributed by atoms with Crippen molar-refractivity contribution >= 4 is 87.1 Å². The largest absolute Gasteiger partial charge is 0.456 e. The van der Waals surface area contributed by atoms with E-state index in [9.17, 15) is 0 Å². The lowest BCUT2D eigenvalue weighted by Crippen LogP contribution is -1.95. The smallest absolute Gasteiger partial charge is 0.136 e. The van der Waals surface area contributed by atoms with Crippen molar-refractivity contribution < 1.29 is 4.42 Å². The number of furan rings is 1. The van der Waals surface area contributed by atoms with Crippen LogP contribution in [0.5, 0.6) is 0 Å². The van der Waals surface area contributed by atoms with Gasteiger partial charge in [0, 0.05) is 43.4 Å². The van der Waals surface area contributed by atoms with Crippen molar-refractivity contribution in [3.8, 4) is 22.5 Å². The van der Waals surface area contributed by atoms with E-state index >= 15 is 0 Å². The van der Waals surface area contributed by atoms with Crippen molar-refractivity contribution in [3.63, 3.8) is 0 Å². The van der Waals surface area contributed by atoms with E-state index in [1.54, 1.807) is 0 Å². The molecule has 0 unspecified atom stereocenters. The van der Waals surface area contributed by atoms with Crippen molar-refractivity contribution in [2.75, 3.05) is 0 Å². The summed E-state index contributed by atoms with van der Waals surface area (Å²) < 4.78 is 11.3. The van der Waals surface area contributed by atoms with Gasteiger partial charge in [-0.15, -0.1) is 0 Å². The number of fused-ring (bicyclic) bond motifs is 12. The molecule has 9 aromatic carbocycles. The number of hydrogen-bond acceptors (Lipinski definition) is 1. The molecule has 3 heteroatoms. The predicted octanol–water partition coefficient (Wildman–Crippen LogP) is 13.8. The lowest BCUT2D eigenvalue weighted by atomic mass is 9.99. The Balaban J connectivity index is 1.13. The molecule has 3 heterocycles. The van der Waals surface area contributed by atoms with Crippen LogP contribution in [0.1, 0.15) is 0 Å². The Morgan fingerprint density at radius 3 is 1.83 bits per heavy atom. The summed E-state index contributed by atoms with van der Waals surface area (Å²) in [6, 6.07) is 66.1. The van der Waals surface area contributed by atoms with Gasteiger partial charge in [-0.3, -0.25) is 0 Å². The summed E-state index contributed by atoms with van der Waals surface area (Å²) in [6.07, 6.45) is 0. The first-order valence-electron chi connectivity index (χ1n) is 18.2. The first-order valence-corrected chi connectivity index (χ1v) is 18.2. The minimum atomic E-state index is 0.906. The van der Waals surface area contributed by atoms with Gasteiger partial charge in [-0.25, -0.2) is 0 Å². The van der Waals surface area contributed by atoms with Gasteiger partial charge < -0.3 is 13.6 Å². The molecule has 53 heavy (non-hydrogen) atoms. The summed E-state index contributed by atoms with van der Waals surface area (Å²) in [5, 5.41) is 12.1. The highest BCUT2D eigenvalue weighted by molar-refractivity contribution is 6.28. The van der Waals surface area contributed by atoms with E-state index < -0.39 is 0 Å². The van der Waals surface area contributed by atoms with Crippen molar-refractivity contribution in [2.45, 2.75) is 0 Å². The zero-order chi connectivity index (χ0) is 34.6. The average Bonchev–Trinajstić information content (AvgIpc) is 3.87. The fourth-order valence-corrected chi connectivity index (χ4v) is 8.91. The van der Waals surface area contributed by atoms with Gasteiger partial charge in [-0.05, 0) is 94.0 Å². The Hall–Kier alpha value is -7.10. The Morgan fingerprint density at radius 2 is 0.962 bits per heavy atom. The third kappa shape index (κ3) is 4.05. The van der Waals surface area contributed by atoms with Crippen LogP contribution in [0.2, 0.25) is 0 Å². The van der Waals surface area contributed by atoms with Gasteiger partial charge >= 0.3 is 0 Å². The van der Waals surface area contributed by atoms with E-state index in [1.165, 1.54) is 87.7 Å². The SMILES string of the molecule is c1ccc2cc(-n3c4ccccc4c4cc(-c5ccc6c(c5)c5c7c(ccc5n6-c5cccc6ccccc56)oc5ccccc57)ccc43)ccc2c1. The summed E-state index contributed by atoms with van der Waals surface area (Å²) in [5.74, 6) is 0. The van der Waals surface area contributed by atoms with Crippen LogP contribution < -0.4 is 0 Å². The molecule has 0 aliphatic heterocycles. The summed E-state index contributed by atoms with van der Waals surface area (Å²) in [6.45, 7) is 0. The van der Waals surface area contributed by atoms with Crippen LogP contribution in [0.25, 0.3) is 110 Å². The Bertz CT molecular complexity index is 3460. The van der Waals surface area contributed by atoms with E-state index in [4.69, 9.17) is 4.42 Å². The average molecular weight is 675 g/mol. The molecule has 0 saturated heterocycles. The van der Waals surface area contributed by atoms with E-state index in [2.05, 4.69) is 185 Å². The lowest BCUT2D eigenvalue weighted by molar-refractivity contribution is 0.669. The maximum atomic E-state index is 6.45. The zero-order valence-electron chi connectivity index (χ0n) is 28.6. The first kappa shape index (κ1) is 28.6. The number of para-hydroxylation sites is 2. The number of hydrogen-bond donors (Lipinski definition) is 0. The molecule has 0 bridgehead atoms. The van der Waals surface area contributed by atoms with Crippen molar-refractivity contribution in [3.05, 3.63) is 182 Å². The fourth-order valence-electron chi connectivity index (χ4n) is 8.91. The fraction of sp³-hybridized carbons (Fsp3) is 0. The zero-order valence-corrected chi connectivity index (χ0v) is 28.6. The molecule has 0 saturated carbocycles. The Labute approximate surface area is 304 Å². The summed E-state index contributed by atoms with van der Waals surface area (Å²) >= 11 is 0. The third-order valence-electron chi connectivity index (χ3n) is 11.3. The third-order valence-corrected chi connectivity index (χ3v) is 11.3. The molecule has 0 spiro atoms. The Morgan fingerprint density at radius 1 is 0.321 bits per heavy atom. The van der Waals surface area contributed by atoms with Crippen LogP contribution in [0.4, 0.5) is 0 Å². The second kappa shape index (κ2) is 10.7. The number of nitrogens with zero attached hydrogens (tertiary/aromatic N) is 2. The topological polar surface area (TPSA) is 23.0 Å². The molecule has 0 N–H and O–H groups in total. The van der Waals surface area contributed by atoms with Gasteiger partial charge in [0.25, 0.3) is 0 Å². The van der Waals surface area contributed by atoms with Crippen LogP contribution in [0.15, 0.2) is 186 Å². The second-order valence-electron chi connectivity index (χ2n) is 14.1. The summed E-state index contributed by atoms with van der Waals surface area (Å²) in [5.41, 5.74) is 11.3. The van der Waals surface area contributed by atoms with Gasteiger partial charge in [-0.2, -0.15) is 0 Å². The standard InChI is InChI=1S/C50H30N2O/c1-2-12-33-28-36(23-20-31(33)10-1)51-43-17-7-5-15-38(43)40-29-34(21-24-44(40)51)35-22-25-45-41(30-35)49-46(26-27-48-50(49)39-16-6-8-19-47(39)53-48)52(45)42-18-9-13-32-11-3-4-14-37(32)42/h1-30H. The molecule has 0 aliphatic carbocycles. The van der Waals surface area contributed by atoms with E-state index in [0.717, 1.165) is 21.9 Å². The molecule has 3 aromatic heterocycles. The van der Waals surface area contributed by atoms with E-state index in [0.29, 0.717) is 0 Å². The van der Waals surface area contributed by atoms with Crippen LogP contribution in [-0.2, 0) is 0 Å². The second-order valence-corrected chi connectivity index (χ2v) is 14.1. The minimum Gasteiger partial charge on any atom is -0.456 e. The van der Waals surface area contributed by atoms with Crippen LogP contribution >= 0.6 is 0 Å². The molecule has 12 rings (SSSR count). The number of benzene rings is 9. The normalized spacial score (nSPS) is 12.2. The Kier molecular flexibility index (Phi) is 5.77. The molecule has 0 radical (unpaired) electrons. The highest BCUT2D eigenvalue weighted by Crippen LogP contribution is 2.44. The number of aromatic nitrogens is 2. The maximum absolute atomic E-state index is 6.45. The van der Waals surface area contributed by atoms with Crippen LogP contribution in [0, 0.1) is 0 Å². The quantitative estimate of drug-likeness (QED) is 0.183. The monoisotopic (exact) mass is 674 g/mol. The van der Waals surface area contributed by atoms with Crippen molar-refractivity contribution in [1.82, 2.24) is 9.13 Å². The molecular formula is C50H30N2O. The minimum absolute atomic E-state index is 0.906. The van der Waals surface area contributed by atoms with Gasteiger partial charge in [0.05, 0.1) is 27.8 Å². The van der Waals surface area contributed by atoms with Gasteiger partial charge in [0.2, 0.25) is 0 Å². The summed E-state index contributed by atoms with van der Waals surface area (Å²) in [4.78, 5) is 0. The van der Waals surface area contributed by atoms with Gasteiger partial charge in [0.15, 0.2) is 0 Å². The van der Waals surface area contributed by atoms with Crippen molar-refractivity contribution in [1.29, 1.82) is 0 Å². The molecule has 0 atom stereocenters. The van der Waals surface area contributed by atoms with Gasteiger partial charge in [0.1, 0.15) is 11.2 Å². The molecule has 246 valence electrons. The predicted molar refractivity (Wildman–Crippen MR) is 223 cm³/mol. The molecule has 12 aromatic rings. The molecule has 0 aliphatic rings. The number of rotatable bonds is 3. The lowest BCUT2D eigenvalue weighted by Gasteiger charge is -2.12. The summed E-state index contributed by atoms with van der Waals surface area (Å²) in [7, 11) is 0. The van der Waals surface area contributed by atoms with Crippen molar-refractivity contribution in [2.24, 2.45) is 0 Å². The molecule has 0 amide bonds. The highest BCUT2D eigenvalue weighted by Gasteiger charge is 2.21.